The lowest BCUT2D eigenvalue weighted by atomic mass is 9.81. The van der Waals surface area contributed by atoms with Crippen LogP contribution in [0.2, 0.25) is 0 Å². The number of carbonyl (C=O) groups excluding carboxylic acids is 5. The first kappa shape index (κ1) is 26.3. The minimum Gasteiger partial charge on any atom is -0.462 e. The smallest absolute Gasteiger partial charge is 0.338 e. The number of halogens is 2. The standard InChI is InChI=1S/C23H26Br2N2O7/c1-12(2)10-34-23(32)13-3-5-14(6-4-13)26-19(28)11-33-20(29)9-27-21(30)15-7-17(24)18(25)8-16(15)22(27)31/h3-6,12,15-18H,7-11H2,1-2H3,(H,26,28)/t15-,16+,17+,18-. The summed E-state index contributed by atoms with van der Waals surface area (Å²) in [7, 11) is 0. The molecule has 1 aliphatic heterocycles. The normalized spacial score (nSPS) is 24.1. The molecule has 1 saturated carbocycles. The number of hydrogen-bond donors (Lipinski definition) is 1. The first-order valence-corrected chi connectivity index (χ1v) is 12.8. The monoisotopic (exact) mass is 600 g/mol. The first-order chi connectivity index (χ1) is 16.1. The van der Waals surface area contributed by atoms with Crippen LogP contribution in [-0.2, 0) is 28.7 Å². The maximum absolute atomic E-state index is 12.6. The SMILES string of the molecule is CC(C)COC(=O)c1ccc(NC(=O)COC(=O)CN2C(=O)[C@H]3C[C@@H](Br)[C@@H](Br)C[C@H]3C2=O)cc1. The summed E-state index contributed by atoms with van der Waals surface area (Å²) in [5.74, 6) is -3.34. The number of benzene rings is 1. The number of nitrogens with one attached hydrogen (secondary N) is 1. The van der Waals surface area contributed by atoms with Gasteiger partial charge >= 0.3 is 11.9 Å². The van der Waals surface area contributed by atoms with Crippen LogP contribution in [0.15, 0.2) is 24.3 Å². The average Bonchev–Trinajstić information content (AvgIpc) is 3.01. The Labute approximate surface area is 214 Å². The van der Waals surface area contributed by atoms with Crippen LogP contribution in [-0.4, -0.2) is 64.0 Å². The fourth-order valence-electron chi connectivity index (χ4n) is 3.85. The lowest BCUT2D eigenvalue weighted by Gasteiger charge is -2.29. The number of rotatable bonds is 8. The van der Waals surface area contributed by atoms with E-state index < -0.39 is 42.8 Å². The molecule has 9 nitrogen and oxygen atoms in total. The van der Waals surface area contributed by atoms with E-state index in [1.807, 2.05) is 13.8 Å². The number of esters is 2. The summed E-state index contributed by atoms with van der Waals surface area (Å²) in [6.45, 7) is 3.08. The molecule has 184 valence electrons. The number of nitrogens with zero attached hydrogens (tertiary/aromatic N) is 1. The van der Waals surface area contributed by atoms with Gasteiger partial charge < -0.3 is 14.8 Å². The van der Waals surface area contributed by atoms with Crippen molar-refractivity contribution < 1.29 is 33.4 Å². The van der Waals surface area contributed by atoms with E-state index in [1.54, 1.807) is 0 Å². The molecule has 1 N–H and O–H groups in total. The molecule has 1 heterocycles. The quantitative estimate of drug-likeness (QED) is 0.276. The molecule has 0 spiro atoms. The summed E-state index contributed by atoms with van der Waals surface area (Å²) in [6.07, 6.45) is 1.01. The van der Waals surface area contributed by atoms with E-state index in [2.05, 4.69) is 37.2 Å². The molecule has 3 rings (SSSR count). The molecule has 2 fully saturated rings. The number of ether oxygens (including phenoxy) is 2. The van der Waals surface area contributed by atoms with Gasteiger partial charge in [-0.25, -0.2) is 4.79 Å². The van der Waals surface area contributed by atoms with Gasteiger partial charge in [0.05, 0.1) is 24.0 Å². The highest BCUT2D eigenvalue weighted by atomic mass is 79.9. The van der Waals surface area contributed by atoms with Crippen molar-refractivity contribution >= 4 is 67.2 Å². The van der Waals surface area contributed by atoms with E-state index >= 15 is 0 Å². The van der Waals surface area contributed by atoms with Crippen molar-refractivity contribution in [3.05, 3.63) is 29.8 Å². The van der Waals surface area contributed by atoms with E-state index in [9.17, 15) is 24.0 Å². The Morgan fingerprint density at radius 2 is 1.56 bits per heavy atom. The number of anilines is 1. The number of imide groups is 1. The molecule has 1 saturated heterocycles. The Kier molecular flexibility index (Phi) is 8.86. The molecule has 0 unspecified atom stereocenters. The van der Waals surface area contributed by atoms with Crippen LogP contribution in [0.25, 0.3) is 0 Å². The highest BCUT2D eigenvalue weighted by molar-refractivity contribution is 9.12. The second-order valence-corrected chi connectivity index (χ2v) is 11.1. The Hall–Kier alpha value is -2.27. The minimum atomic E-state index is -0.843. The zero-order valence-corrected chi connectivity index (χ0v) is 22.0. The van der Waals surface area contributed by atoms with Crippen LogP contribution in [0, 0.1) is 17.8 Å². The van der Waals surface area contributed by atoms with E-state index in [1.165, 1.54) is 24.3 Å². The Morgan fingerprint density at radius 1 is 1.00 bits per heavy atom. The first-order valence-electron chi connectivity index (χ1n) is 10.9. The molecule has 34 heavy (non-hydrogen) atoms. The highest BCUT2D eigenvalue weighted by Gasteiger charge is 2.52. The predicted molar refractivity (Wildman–Crippen MR) is 130 cm³/mol. The minimum absolute atomic E-state index is 0.0702. The van der Waals surface area contributed by atoms with E-state index in [0.717, 1.165) is 4.90 Å². The summed E-state index contributed by atoms with van der Waals surface area (Å²) in [4.78, 5) is 62.5. The Bertz CT molecular complexity index is 939. The zero-order chi connectivity index (χ0) is 25.0. The zero-order valence-electron chi connectivity index (χ0n) is 18.8. The number of hydrogen-bond acceptors (Lipinski definition) is 7. The van der Waals surface area contributed by atoms with Crippen LogP contribution in [0.3, 0.4) is 0 Å². The van der Waals surface area contributed by atoms with Crippen molar-refractivity contribution in [1.82, 2.24) is 4.90 Å². The summed E-state index contributed by atoms with van der Waals surface area (Å²) in [5, 5.41) is 2.55. The van der Waals surface area contributed by atoms with Crippen LogP contribution in [0.1, 0.15) is 37.0 Å². The molecule has 11 heteroatoms. The summed E-state index contributed by atoms with van der Waals surface area (Å²) in [6, 6.07) is 6.10. The van der Waals surface area contributed by atoms with Gasteiger partial charge in [0, 0.05) is 15.3 Å². The number of amides is 3. The molecule has 2 aliphatic rings. The van der Waals surface area contributed by atoms with Crippen molar-refractivity contribution in [3.63, 3.8) is 0 Å². The van der Waals surface area contributed by atoms with Crippen molar-refractivity contribution in [3.8, 4) is 0 Å². The van der Waals surface area contributed by atoms with Crippen molar-refractivity contribution in [1.29, 1.82) is 0 Å². The lowest BCUT2D eigenvalue weighted by molar-refractivity contribution is -0.154. The fourth-order valence-corrected chi connectivity index (χ4v) is 5.09. The highest BCUT2D eigenvalue weighted by Crippen LogP contribution is 2.43. The van der Waals surface area contributed by atoms with Crippen LogP contribution in [0.5, 0.6) is 0 Å². The van der Waals surface area contributed by atoms with Gasteiger partial charge in [-0.1, -0.05) is 45.7 Å². The van der Waals surface area contributed by atoms with Crippen molar-refractivity contribution in [2.45, 2.75) is 36.3 Å². The average molecular weight is 602 g/mol. The Morgan fingerprint density at radius 3 is 2.09 bits per heavy atom. The maximum atomic E-state index is 12.6. The predicted octanol–water partition coefficient (Wildman–Crippen LogP) is 2.90. The molecule has 1 aromatic rings. The summed E-state index contributed by atoms with van der Waals surface area (Å²) in [5.41, 5.74) is 0.757. The molecule has 3 amide bonds. The summed E-state index contributed by atoms with van der Waals surface area (Å²) >= 11 is 7.02. The molecule has 0 radical (unpaired) electrons. The van der Waals surface area contributed by atoms with Crippen LogP contribution >= 0.6 is 31.9 Å². The van der Waals surface area contributed by atoms with Crippen LogP contribution in [0.4, 0.5) is 5.69 Å². The molecule has 1 aromatic carbocycles. The van der Waals surface area contributed by atoms with E-state index in [0.29, 0.717) is 30.7 Å². The van der Waals surface area contributed by atoms with E-state index in [4.69, 9.17) is 9.47 Å². The van der Waals surface area contributed by atoms with Crippen LogP contribution < -0.4 is 5.32 Å². The number of carbonyl (C=O) groups is 5. The molecular weight excluding hydrogens is 576 g/mol. The van der Waals surface area contributed by atoms with Gasteiger partial charge in [-0.05, 0) is 43.0 Å². The number of likely N-dealkylation sites (tertiary alicyclic amines) is 1. The van der Waals surface area contributed by atoms with E-state index in [-0.39, 0.29) is 27.4 Å². The van der Waals surface area contributed by atoms with Crippen molar-refractivity contribution in [2.75, 3.05) is 25.1 Å². The Balaban J connectivity index is 1.45. The molecule has 0 aromatic heterocycles. The van der Waals surface area contributed by atoms with Gasteiger partial charge in [0.1, 0.15) is 6.54 Å². The number of fused-ring (bicyclic) bond motifs is 1. The maximum Gasteiger partial charge on any atom is 0.338 e. The molecule has 4 atom stereocenters. The molecular formula is C23H26Br2N2O7. The van der Waals surface area contributed by atoms with Gasteiger partial charge in [0.2, 0.25) is 11.8 Å². The van der Waals surface area contributed by atoms with Gasteiger partial charge in [0.25, 0.3) is 5.91 Å². The second-order valence-electron chi connectivity index (χ2n) is 8.76. The molecule has 1 aliphatic carbocycles. The lowest BCUT2D eigenvalue weighted by Crippen LogP contribution is -2.37. The van der Waals surface area contributed by atoms with Gasteiger partial charge in [-0.2, -0.15) is 0 Å². The topological polar surface area (TPSA) is 119 Å². The van der Waals surface area contributed by atoms with Gasteiger partial charge in [-0.3, -0.25) is 24.1 Å². The second kappa shape index (κ2) is 11.4. The van der Waals surface area contributed by atoms with Gasteiger partial charge in [-0.15, -0.1) is 0 Å². The summed E-state index contributed by atoms with van der Waals surface area (Å²) < 4.78 is 10.1. The van der Waals surface area contributed by atoms with Crippen molar-refractivity contribution in [2.24, 2.45) is 17.8 Å². The molecule has 0 bridgehead atoms. The third-order valence-corrected chi connectivity index (χ3v) is 8.34. The largest absolute Gasteiger partial charge is 0.462 e. The third-order valence-electron chi connectivity index (χ3n) is 5.61. The fraction of sp³-hybridized carbons (Fsp3) is 0.522. The number of alkyl halides is 2. The third kappa shape index (κ3) is 6.44. The van der Waals surface area contributed by atoms with Gasteiger partial charge in [0.15, 0.2) is 6.61 Å².